The van der Waals surface area contributed by atoms with Gasteiger partial charge in [-0.3, -0.25) is 9.58 Å². The van der Waals surface area contributed by atoms with Crippen LogP contribution in [0, 0.1) is 11.8 Å². The lowest BCUT2D eigenvalue weighted by molar-refractivity contribution is -0.0276. The van der Waals surface area contributed by atoms with Gasteiger partial charge in [0.05, 0.1) is 17.8 Å². The van der Waals surface area contributed by atoms with Crippen molar-refractivity contribution >= 4 is 10.9 Å². The normalized spacial score (nSPS) is 30.1. The Labute approximate surface area is 156 Å². The second-order valence-electron chi connectivity index (χ2n) is 8.94. The van der Waals surface area contributed by atoms with E-state index in [0.29, 0.717) is 12.0 Å². The summed E-state index contributed by atoms with van der Waals surface area (Å²) >= 11 is 0. The summed E-state index contributed by atoms with van der Waals surface area (Å²) in [5.74, 6) is 1.50. The third-order valence-corrected chi connectivity index (χ3v) is 6.66. The minimum atomic E-state index is 0.523. The summed E-state index contributed by atoms with van der Waals surface area (Å²) in [4.78, 5) is 2.80. The van der Waals surface area contributed by atoms with Gasteiger partial charge in [-0.15, -0.1) is 0 Å². The third-order valence-electron chi connectivity index (χ3n) is 6.66. The molecule has 0 amide bonds. The number of aromatic nitrogens is 2. The Kier molecular flexibility index (Phi) is 4.49. The number of hydrogen-bond donors (Lipinski definition) is 0. The van der Waals surface area contributed by atoms with Crippen LogP contribution in [0.3, 0.4) is 0 Å². The SMILES string of the molecule is CC(CN1C2CCC1CC(OCC1CC1)C2)Cn1ncc2ccccc21. The molecule has 2 aliphatic heterocycles. The molecule has 1 aliphatic carbocycles. The molecule has 2 aromatic rings. The molecule has 4 nitrogen and oxygen atoms in total. The van der Waals surface area contributed by atoms with Crippen molar-refractivity contribution in [3.8, 4) is 0 Å². The summed E-state index contributed by atoms with van der Waals surface area (Å²) in [6, 6.07) is 10.0. The van der Waals surface area contributed by atoms with Crippen molar-refractivity contribution in [1.29, 1.82) is 0 Å². The summed E-state index contributed by atoms with van der Waals surface area (Å²) in [7, 11) is 0. The lowest BCUT2D eigenvalue weighted by Gasteiger charge is -2.40. The van der Waals surface area contributed by atoms with Crippen LogP contribution in [-0.4, -0.2) is 46.0 Å². The second kappa shape index (κ2) is 6.97. The molecule has 140 valence electrons. The Morgan fingerprint density at radius 2 is 1.85 bits per heavy atom. The number of rotatable bonds is 7. The molecule has 3 heterocycles. The number of piperidine rings is 1. The van der Waals surface area contributed by atoms with Gasteiger partial charge in [0.1, 0.15) is 0 Å². The molecule has 5 rings (SSSR count). The molecule has 3 unspecified atom stereocenters. The Balaban J connectivity index is 1.18. The van der Waals surface area contributed by atoms with E-state index >= 15 is 0 Å². The minimum absolute atomic E-state index is 0.523. The fraction of sp³-hybridized carbons (Fsp3) is 0.682. The zero-order valence-electron chi connectivity index (χ0n) is 15.9. The first-order chi connectivity index (χ1) is 12.8. The van der Waals surface area contributed by atoms with E-state index in [1.807, 2.05) is 6.20 Å². The van der Waals surface area contributed by atoms with Gasteiger partial charge < -0.3 is 4.74 Å². The standard InChI is InChI=1S/C22H31N3O/c1-16(14-25-22-5-3-2-4-18(22)12-23-25)13-24-19-8-9-20(24)11-21(10-19)26-15-17-6-7-17/h2-5,12,16-17,19-21H,6-11,13-15H2,1H3. The highest BCUT2D eigenvalue weighted by atomic mass is 16.5. The zero-order valence-corrected chi connectivity index (χ0v) is 15.9. The van der Waals surface area contributed by atoms with E-state index < -0.39 is 0 Å². The maximum Gasteiger partial charge on any atom is 0.0682 e. The molecule has 0 radical (unpaired) electrons. The van der Waals surface area contributed by atoms with Crippen LogP contribution < -0.4 is 0 Å². The summed E-state index contributed by atoms with van der Waals surface area (Å²) in [5, 5.41) is 5.86. The quantitative estimate of drug-likeness (QED) is 0.751. The van der Waals surface area contributed by atoms with Gasteiger partial charge in [0, 0.05) is 37.2 Å². The van der Waals surface area contributed by atoms with E-state index in [2.05, 4.69) is 45.9 Å². The monoisotopic (exact) mass is 353 g/mol. The van der Waals surface area contributed by atoms with Gasteiger partial charge in [-0.2, -0.15) is 5.10 Å². The second-order valence-corrected chi connectivity index (χ2v) is 8.94. The highest BCUT2D eigenvalue weighted by Gasteiger charge is 2.41. The van der Waals surface area contributed by atoms with Crippen molar-refractivity contribution in [2.24, 2.45) is 11.8 Å². The Morgan fingerprint density at radius 3 is 2.62 bits per heavy atom. The first kappa shape index (κ1) is 16.8. The number of hydrogen-bond acceptors (Lipinski definition) is 3. The highest BCUT2D eigenvalue weighted by molar-refractivity contribution is 5.78. The lowest BCUT2D eigenvalue weighted by atomic mass is 9.98. The molecule has 4 heteroatoms. The average molecular weight is 354 g/mol. The predicted molar refractivity (Wildman–Crippen MR) is 104 cm³/mol. The average Bonchev–Trinajstić information content (AvgIpc) is 3.36. The first-order valence-corrected chi connectivity index (χ1v) is 10.5. The van der Waals surface area contributed by atoms with Crippen LogP contribution in [0.2, 0.25) is 0 Å². The first-order valence-electron chi connectivity index (χ1n) is 10.5. The Hall–Kier alpha value is -1.39. The van der Waals surface area contributed by atoms with Crippen molar-refractivity contribution in [3.63, 3.8) is 0 Å². The molecule has 1 aromatic carbocycles. The molecule has 26 heavy (non-hydrogen) atoms. The van der Waals surface area contributed by atoms with Crippen LogP contribution in [0.25, 0.3) is 10.9 Å². The van der Waals surface area contributed by atoms with E-state index in [1.165, 1.54) is 56.0 Å². The summed E-state index contributed by atoms with van der Waals surface area (Å²) in [6.07, 6.45) is 10.5. The van der Waals surface area contributed by atoms with Gasteiger partial charge in [0.15, 0.2) is 0 Å². The number of fused-ring (bicyclic) bond motifs is 3. The van der Waals surface area contributed by atoms with Gasteiger partial charge in [-0.05, 0) is 56.4 Å². The molecule has 2 saturated heterocycles. The van der Waals surface area contributed by atoms with E-state index in [-0.39, 0.29) is 0 Å². The van der Waals surface area contributed by atoms with Crippen molar-refractivity contribution in [3.05, 3.63) is 30.5 Å². The molecule has 3 fully saturated rings. The smallest absolute Gasteiger partial charge is 0.0682 e. The van der Waals surface area contributed by atoms with Gasteiger partial charge in [0.25, 0.3) is 0 Å². The van der Waals surface area contributed by atoms with E-state index in [1.54, 1.807) is 0 Å². The van der Waals surface area contributed by atoms with Crippen molar-refractivity contribution in [2.45, 2.75) is 70.2 Å². The van der Waals surface area contributed by atoms with E-state index in [9.17, 15) is 0 Å². The van der Waals surface area contributed by atoms with Crippen LogP contribution in [0.4, 0.5) is 0 Å². The predicted octanol–water partition coefficient (Wildman–Crippen LogP) is 4.09. The number of ether oxygens (including phenoxy) is 1. The largest absolute Gasteiger partial charge is 0.378 e. The van der Waals surface area contributed by atoms with Crippen LogP contribution in [0.1, 0.15) is 45.4 Å². The number of benzene rings is 1. The Bertz CT molecular complexity index is 739. The summed E-state index contributed by atoms with van der Waals surface area (Å²) in [6.45, 7) is 5.60. The fourth-order valence-electron chi connectivity index (χ4n) is 5.10. The van der Waals surface area contributed by atoms with Crippen molar-refractivity contribution in [1.82, 2.24) is 14.7 Å². The molecule has 1 saturated carbocycles. The van der Waals surface area contributed by atoms with Crippen LogP contribution >= 0.6 is 0 Å². The summed E-state index contributed by atoms with van der Waals surface area (Å²) in [5.41, 5.74) is 1.26. The van der Waals surface area contributed by atoms with Crippen molar-refractivity contribution < 1.29 is 4.74 Å². The molecule has 0 N–H and O–H groups in total. The molecule has 3 aliphatic rings. The van der Waals surface area contributed by atoms with Crippen LogP contribution in [0.15, 0.2) is 30.5 Å². The van der Waals surface area contributed by atoms with Gasteiger partial charge >= 0.3 is 0 Å². The molecule has 1 aromatic heterocycles. The topological polar surface area (TPSA) is 30.3 Å². The van der Waals surface area contributed by atoms with Crippen molar-refractivity contribution in [2.75, 3.05) is 13.2 Å². The van der Waals surface area contributed by atoms with E-state index in [4.69, 9.17) is 4.74 Å². The van der Waals surface area contributed by atoms with E-state index in [0.717, 1.165) is 31.2 Å². The zero-order chi connectivity index (χ0) is 17.5. The van der Waals surface area contributed by atoms with Gasteiger partial charge in [-0.25, -0.2) is 0 Å². The molecule has 2 bridgehead atoms. The maximum absolute atomic E-state index is 6.23. The fourth-order valence-corrected chi connectivity index (χ4v) is 5.10. The lowest BCUT2D eigenvalue weighted by Crippen LogP contribution is -2.47. The number of nitrogens with zero attached hydrogens (tertiary/aromatic N) is 3. The van der Waals surface area contributed by atoms with Gasteiger partial charge in [0.2, 0.25) is 0 Å². The molecular formula is C22H31N3O. The third kappa shape index (κ3) is 3.41. The van der Waals surface area contributed by atoms with Crippen LogP contribution in [-0.2, 0) is 11.3 Å². The van der Waals surface area contributed by atoms with Crippen LogP contribution in [0.5, 0.6) is 0 Å². The van der Waals surface area contributed by atoms with Gasteiger partial charge in [-0.1, -0.05) is 25.1 Å². The Morgan fingerprint density at radius 1 is 1.08 bits per heavy atom. The highest BCUT2D eigenvalue weighted by Crippen LogP contribution is 2.38. The summed E-state index contributed by atoms with van der Waals surface area (Å²) < 4.78 is 8.42. The maximum atomic E-state index is 6.23. The molecule has 0 spiro atoms. The molecule has 3 atom stereocenters. The minimum Gasteiger partial charge on any atom is -0.378 e. The number of para-hydroxylation sites is 1. The molecular weight excluding hydrogens is 322 g/mol.